The summed E-state index contributed by atoms with van der Waals surface area (Å²) >= 11 is 7.80. The van der Waals surface area contributed by atoms with Gasteiger partial charge in [0, 0.05) is 5.25 Å². The summed E-state index contributed by atoms with van der Waals surface area (Å²) in [4.78, 5) is 25.2. The minimum absolute atomic E-state index is 0.0586. The number of halogens is 4. The van der Waals surface area contributed by atoms with Crippen molar-refractivity contribution in [2.45, 2.75) is 57.2 Å². The zero-order chi connectivity index (χ0) is 25.5. The highest BCUT2D eigenvalue weighted by molar-refractivity contribution is 8.05. The fraction of sp³-hybridized carbons (Fsp3) is 0.440. The molecule has 1 saturated carbocycles. The van der Waals surface area contributed by atoms with Crippen molar-refractivity contribution in [3.05, 3.63) is 68.8 Å². The number of nitrogens with one attached hydrogen (secondary N) is 1. The minimum Gasteiger partial charge on any atom is -0.492 e. The third kappa shape index (κ3) is 5.11. The molecule has 3 unspecified atom stereocenters. The highest BCUT2D eigenvalue weighted by Gasteiger charge is 2.46. The zero-order valence-corrected chi connectivity index (χ0v) is 20.7. The van der Waals surface area contributed by atoms with Gasteiger partial charge >= 0.3 is 12.1 Å². The van der Waals surface area contributed by atoms with Crippen molar-refractivity contribution < 1.29 is 32.6 Å². The quantitative estimate of drug-likeness (QED) is 0.454. The SMILES string of the molecule is CC1=C(Cl)SC2C=CC(C(=O)NC(C(=O)O)C3(C)CCC3)=C(OCc3ccc(C(F)(F)F)cc3)C12. The Morgan fingerprint density at radius 3 is 2.49 bits per heavy atom. The van der Waals surface area contributed by atoms with Crippen LogP contribution in [-0.2, 0) is 27.1 Å². The Bertz CT molecular complexity index is 1120. The van der Waals surface area contributed by atoms with Gasteiger partial charge in [-0.05, 0) is 54.5 Å². The largest absolute Gasteiger partial charge is 0.492 e. The number of carboxylic acid groups (broad SMARTS) is 1. The van der Waals surface area contributed by atoms with Crippen LogP contribution in [0.25, 0.3) is 0 Å². The molecule has 0 aromatic heterocycles. The monoisotopic (exact) mass is 527 g/mol. The number of fused-ring (bicyclic) bond motifs is 1. The molecular weight excluding hydrogens is 503 g/mol. The van der Waals surface area contributed by atoms with Crippen molar-refractivity contribution in [1.82, 2.24) is 5.32 Å². The van der Waals surface area contributed by atoms with Gasteiger partial charge in [0.1, 0.15) is 18.4 Å². The molecule has 188 valence electrons. The van der Waals surface area contributed by atoms with Crippen LogP contribution in [-0.4, -0.2) is 28.3 Å². The van der Waals surface area contributed by atoms with Crippen LogP contribution in [0.4, 0.5) is 13.2 Å². The molecular formula is C25H25ClF3NO4S. The fourth-order valence-electron chi connectivity index (χ4n) is 4.66. The Labute approximate surface area is 210 Å². The summed E-state index contributed by atoms with van der Waals surface area (Å²) in [6.07, 6.45) is 1.32. The maximum Gasteiger partial charge on any atom is 0.416 e. The van der Waals surface area contributed by atoms with E-state index in [0.29, 0.717) is 28.5 Å². The number of rotatable bonds is 7. The molecule has 5 nitrogen and oxygen atoms in total. The van der Waals surface area contributed by atoms with Gasteiger partial charge in [-0.3, -0.25) is 4.79 Å². The first-order valence-electron chi connectivity index (χ1n) is 11.2. The molecule has 0 spiro atoms. The molecule has 0 bridgehead atoms. The summed E-state index contributed by atoms with van der Waals surface area (Å²) in [5.41, 5.74) is 0.230. The van der Waals surface area contributed by atoms with Gasteiger partial charge < -0.3 is 15.2 Å². The van der Waals surface area contributed by atoms with Crippen molar-refractivity contribution >= 4 is 35.2 Å². The molecule has 1 aromatic carbocycles. The number of carbonyl (C=O) groups is 2. The number of carboxylic acids is 1. The van der Waals surface area contributed by atoms with Crippen molar-refractivity contribution in [3.8, 4) is 0 Å². The van der Waals surface area contributed by atoms with Crippen LogP contribution in [0.5, 0.6) is 0 Å². The van der Waals surface area contributed by atoms with Crippen LogP contribution in [0.15, 0.2) is 57.7 Å². The molecule has 1 heterocycles. The molecule has 0 saturated heterocycles. The predicted octanol–water partition coefficient (Wildman–Crippen LogP) is 6.01. The summed E-state index contributed by atoms with van der Waals surface area (Å²) in [7, 11) is 0. The lowest BCUT2D eigenvalue weighted by Crippen LogP contribution is -2.54. The molecule has 10 heteroatoms. The lowest BCUT2D eigenvalue weighted by molar-refractivity contribution is -0.147. The van der Waals surface area contributed by atoms with E-state index in [9.17, 15) is 27.9 Å². The van der Waals surface area contributed by atoms with Gasteiger partial charge in [-0.2, -0.15) is 13.2 Å². The number of allylic oxidation sites excluding steroid dienone is 1. The number of alkyl halides is 3. The Balaban J connectivity index is 1.61. The van der Waals surface area contributed by atoms with E-state index in [1.54, 1.807) is 6.08 Å². The maximum atomic E-state index is 13.3. The van der Waals surface area contributed by atoms with Gasteiger partial charge in [0.05, 0.1) is 21.4 Å². The molecule has 1 fully saturated rings. The normalized spacial score (nSPS) is 24.1. The topological polar surface area (TPSA) is 75.6 Å². The summed E-state index contributed by atoms with van der Waals surface area (Å²) in [5, 5.41) is 12.3. The van der Waals surface area contributed by atoms with Crippen molar-refractivity contribution in [1.29, 1.82) is 0 Å². The number of hydrogen-bond donors (Lipinski definition) is 2. The summed E-state index contributed by atoms with van der Waals surface area (Å²) in [5.74, 6) is -1.67. The lowest BCUT2D eigenvalue weighted by atomic mass is 9.65. The van der Waals surface area contributed by atoms with Gasteiger partial charge in [-0.15, -0.1) is 11.8 Å². The second-order valence-corrected chi connectivity index (χ2v) is 11.2. The standard InChI is InChI=1S/C25H25ClF3NO4S/c1-13-18-17(35-21(13)26)9-8-16(22(31)30-20(23(32)33)24(2)10-3-11-24)19(18)34-12-14-4-6-15(7-5-14)25(27,28)29/h4-9,17-18,20H,3,10-12H2,1-2H3,(H,30,31)(H,32,33). The first-order valence-corrected chi connectivity index (χ1v) is 12.4. The van der Waals surface area contributed by atoms with Gasteiger partial charge in [0.2, 0.25) is 0 Å². The smallest absolute Gasteiger partial charge is 0.416 e. The van der Waals surface area contributed by atoms with E-state index < -0.39 is 35.1 Å². The first kappa shape index (κ1) is 25.7. The Morgan fingerprint density at radius 1 is 1.29 bits per heavy atom. The lowest BCUT2D eigenvalue weighted by Gasteiger charge is -2.43. The van der Waals surface area contributed by atoms with Crippen LogP contribution in [0.3, 0.4) is 0 Å². The summed E-state index contributed by atoms with van der Waals surface area (Å²) in [6, 6.07) is 3.58. The van der Waals surface area contributed by atoms with E-state index in [-0.39, 0.29) is 23.3 Å². The molecule has 35 heavy (non-hydrogen) atoms. The summed E-state index contributed by atoms with van der Waals surface area (Å²) < 4.78 is 45.3. The van der Waals surface area contributed by atoms with Gasteiger partial charge in [-0.1, -0.05) is 43.2 Å². The molecule has 2 N–H and O–H groups in total. The second-order valence-electron chi connectivity index (χ2n) is 9.39. The van der Waals surface area contributed by atoms with Gasteiger partial charge in [-0.25, -0.2) is 4.79 Å². The number of aliphatic carboxylic acids is 1. The molecule has 2 aliphatic carbocycles. The third-order valence-electron chi connectivity index (χ3n) is 6.98. The average molecular weight is 528 g/mol. The Morgan fingerprint density at radius 2 is 1.94 bits per heavy atom. The van der Waals surface area contributed by atoms with E-state index in [1.807, 2.05) is 19.9 Å². The fourth-order valence-corrected chi connectivity index (χ4v) is 6.26. The first-order chi connectivity index (χ1) is 16.4. The number of ether oxygens (including phenoxy) is 1. The van der Waals surface area contributed by atoms with Gasteiger partial charge in [0.15, 0.2) is 0 Å². The molecule has 3 atom stereocenters. The van der Waals surface area contributed by atoms with Crippen molar-refractivity contribution in [2.24, 2.45) is 11.3 Å². The second kappa shape index (κ2) is 9.58. The van der Waals surface area contributed by atoms with Crippen molar-refractivity contribution in [3.63, 3.8) is 0 Å². The van der Waals surface area contributed by atoms with Crippen molar-refractivity contribution in [2.75, 3.05) is 0 Å². The zero-order valence-electron chi connectivity index (χ0n) is 19.1. The van der Waals surface area contributed by atoms with E-state index in [4.69, 9.17) is 16.3 Å². The Hall–Kier alpha value is -2.39. The average Bonchev–Trinajstić information content (AvgIpc) is 3.07. The van der Waals surface area contributed by atoms with Crippen LogP contribution < -0.4 is 5.32 Å². The Kier molecular flexibility index (Phi) is 7.03. The highest BCUT2D eigenvalue weighted by Crippen LogP contribution is 2.50. The molecule has 1 amide bonds. The number of amides is 1. The van der Waals surface area contributed by atoms with Crippen LogP contribution >= 0.6 is 23.4 Å². The van der Waals surface area contributed by atoms with E-state index in [2.05, 4.69) is 5.32 Å². The van der Waals surface area contributed by atoms with Crippen LogP contribution in [0.1, 0.15) is 44.2 Å². The molecule has 1 aromatic rings. The maximum absolute atomic E-state index is 13.3. The number of benzene rings is 1. The number of thioether (sulfide) groups is 1. The molecule has 1 aliphatic heterocycles. The number of hydrogen-bond acceptors (Lipinski definition) is 4. The summed E-state index contributed by atoms with van der Waals surface area (Å²) in [6.45, 7) is 3.63. The highest BCUT2D eigenvalue weighted by atomic mass is 35.5. The van der Waals surface area contributed by atoms with E-state index in [0.717, 1.165) is 24.1 Å². The van der Waals surface area contributed by atoms with E-state index >= 15 is 0 Å². The number of carbonyl (C=O) groups excluding carboxylic acids is 1. The van der Waals surface area contributed by atoms with Crippen LogP contribution in [0.2, 0.25) is 0 Å². The molecule has 3 aliphatic rings. The molecule has 4 rings (SSSR count). The predicted molar refractivity (Wildman–Crippen MR) is 127 cm³/mol. The minimum atomic E-state index is -4.44. The van der Waals surface area contributed by atoms with E-state index in [1.165, 1.54) is 23.9 Å². The third-order valence-corrected chi connectivity index (χ3v) is 8.78. The van der Waals surface area contributed by atoms with Gasteiger partial charge in [0.25, 0.3) is 5.91 Å². The molecule has 0 radical (unpaired) electrons. The van der Waals surface area contributed by atoms with Crippen LogP contribution in [0, 0.1) is 11.3 Å².